The number of para-hydroxylation sites is 2. The Hall–Kier alpha value is -3.31. The van der Waals surface area contributed by atoms with E-state index in [-0.39, 0.29) is 18.4 Å². The van der Waals surface area contributed by atoms with Gasteiger partial charge in [-0.15, -0.1) is 0 Å². The van der Waals surface area contributed by atoms with Crippen molar-refractivity contribution in [2.24, 2.45) is 0 Å². The summed E-state index contributed by atoms with van der Waals surface area (Å²) in [5.41, 5.74) is 0.741. The van der Waals surface area contributed by atoms with Gasteiger partial charge >= 0.3 is 0 Å². The minimum Gasteiger partial charge on any atom is -0.455 e. The van der Waals surface area contributed by atoms with Crippen molar-refractivity contribution in [3.8, 4) is 23.6 Å². The fourth-order valence-electron chi connectivity index (χ4n) is 2.00. The second-order valence-electron chi connectivity index (χ2n) is 4.94. The number of rotatable bonds is 5. The second kappa shape index (κ2) is 7.63. The SMILES string of the molecule is CC(CC#N)NC(=O)c1ccccc1Oc1ccccc1C#N. The van der Waals surface area contributed by atoms with E-state index in [0.29, 0.717) is 22.6 Å². The van der Waals surface area contributed by atoms with Crippen LogP contribution in [0.5, 0.6) is 11.5 Å². The van der Waals surface area contributed by atoms with Crippen molar-refractivity contribution in [3.05, 3.63) is 59.7 Å². The van der Waals surface area contributed by atoms with Crippen molar-refractivity contribution < 1.29 is 9.53 Å². The van der Waals surface area contributed by atoms with E-state index in [1.54, 1.807) is 55.5 Å². The van der Waals surface area contributed by atoms with Crippen LogP contribution in [0, 0.1) is 22.7 Å². The van der Waals surface area contributed by atoms with Crippen LogP contribution in [-0.2, 0) is 0 Å². The molecule has 0 aliphatic heterocycles. The molecule has 2 aromatic carbocycles. The number of nitrogens with one attached hydrogen (secondary N) is 1. The van der Waals surface area contributed by atoms with Crippen LogP contribution in [0.1, 0.15) is 29.3 Å². The van der Waals surface area contributed by atoms with Crippen LogP contribution in [0.25, 0.3) is 0 Å². The maximum atomic E-state index is 12.3. The Morgan fingerprint density at radius 2 is 1.78 bits per heavy atom. The Labute approximate surface area is 134 Å². The first kappa shape index (κ1) is 16.1. The predicted molar refractivity (Wildman–Crippen MR) is 84.8 cm³/mol. The molecule has 0 aromatic heterocycles. The van der Waals surface area contributed by atoms with Gasteiger partial charge in [-0.25, -0.2) is 0 Å². The highest BCUT2D eigenvalue weighted by Crippen LogP contribution is 2.27. The molecule has 1 N–H and O–H groups in total. The number of carbonyl (C=O) groups is 1. The third-order valence-corrected chi connectivity index (χ3v) is 3.13. The monoisotopic (exact) mass is 305 g/mol. The molecule has 0 saturated heterocycles. The van der Waals surface area contributed by atoms with Gasteiger partial charge in [0.05, 0.1) is 23.6 Å². The first-order valence-corrected chi connectivity index (χ1v) is 7.09. The molecule has 0 fully saturated rings. The molecule has 114 valence electrons. The lowest BCUT2D eigenvalue weighted by atomic mass is 10.1. The molecule has 23 heavy (non-hydrogen) atoms. The van der Waals surface area contributed by atoms with Crippen LogP contribution >= 0.6 is 0 Å². The van der Waals surface area contributed by atoms with Gasteiger partial charge < -0.3 is 10.1 Å². The van der Waals surface area contributed by atoms with Crippen molar-refractivity contribution in [2.75, 3.05) is 0 Å². The Bertz CT molecular complexity index is 787. The summed E-state index contributed by atoms with van der Waals surface area (Å²) in [7, 11) is 0. The Morgan fingerprint density at radius 3 is 2.48 bits per heavy atom. The molecule has 0 aliphatic rings. The first-order chi connectivity index (χ1) is 11.2. The first-order valence-electron chi connectivity index (χ1n) is 7.09. The van der Waals surface area contributed by atoms with Crippen LogP contribution in [0.2, 0.25) is 0 Å². The van der Waals surface area contributed by atoms with E-state index in [1.165, 1.54) is 0 Å². The van der Waals surface area contributed by atoms with Gasteiger partial charge in [-0.2, -0.15) is 10.5 Å². The van der Waals surface area contributed by atoms with Gasteiger partial charge in [-0.1, -0.05) is 24.3 Å². The maximum absolute atomic E-state index is 12.3. The summed E-state index contributed by atoms with van der Waals surface area (Å²) in [4.78, 5) is 12.3. The van der Waals surface area contributed by atoms with E-state index in [1.807, 2.05) is 6.07 Å². The fourth-order valence-corrected chi connectivity index (χ4v) is 2.00. The summed E-state index contributed by atoms with van der Waals surface area (Å²) in [6, 6.07) is 17.4. The highest BCUT2D eigenvalue weighted by molar-refractivity contribution is 5.97. The lowest BCUT2D eigenvalue weighted by molar-refractivity contribution is 0.0938. The average molecular weight is 305 g/mol. The molecule has 5 nitrogen and oxygen atoms in total. The number of hydrogen-bond donors (Lipinski definition) is 1. The van der Waals surface area contributed by atoms with E-state index in [4.69, 9.17) is 15.3 Å². The van der Waals surface area contributed by atoms with E-state index in [9.17, 15) is 4.79 Å². The summed E-state index contributed by atoms with van der Waals surface area (Å²) in [6.45, 7) is 1.76. The van der Waals surface area contributed by atoms with Crippen molar-refractivity contribution >= 4 is 5.91 Å². The molecular weight excluding hydrogens is 290 g/mol. The van der Waals surface area contributed by atoms with Crippen LogP contribution in [0.15, 0.2) is 48.5 Å². The number of amides is 1. The number of carbonyl (C=O) groups excluding carboxylic acids is 1. The van der Waals surface area contributed by atoms with Crippen molar-refractivity contribution in [1.29, 1.82) is 10.5 Å². The molecule has 1 amide bonds. The Kier molecular flexibility index (Phi) is 5.33. The molecule has 0 bridgehead atoms. The lowest BCUT2D eigenvalue weighted by Gasteiger charge is -2.14. The summed E-state index contributed by atoms with van der Waals surface area (Å²) < 4.78 is 5.75. The van der Waals surface area contributed by atoms with Gasteiger partial charge in [0.25, 0.3) is 5.91 Å². The third-order valence-electron chi connectivity index (χ3n) is 3.13. The third kappa shape index (κ3) is 4.09. The van der Waals surface area contributed by atoms with E-state index >= 15 is 0 Å². The van der Waals surface area contributed by atoms with Gasteiger partial charge in [0.2, 0.25) is 0 Å². The van der Waals surface area contributed by atoms with Crippen molar-refractivity contribution in [2.45, 2.75) is 19.4 Å². The molecule has 0 aliphatic carbocycles. The molecule has 0 spiro atoms. The number of hydrogen-bond acceptors (Lipinski definition) is 4. The van der Waals surface area contributed by atoms with Crippen molar-refractivity contribution in [3.63, 3.8) is 0 Å². The Morgan fingerprint density at radius 1 is 1.13 bits per heavy atom. The standard InChI is InChI=1S/C18H15N3O2/c1-13(10-11-19)21-18(22)15-7-3-5-9-17(15)23-16-8-4-2-6-14(16)12-20/h2-9,13H,10H2,1H3,(H,21,22). The lowest BCUT2D eigenvalue weighted by Crippen LogP contribution is -2.32. The minimum absolute atomic E-state index is 0.228. The normalized spacial score (nSPS) is 10.9. The summed E-state index contributed by atoms with van der Waals surface area (Å²) >= 11 is 0. The number of ether oxygens (including phenoxy) is 1. The second-order valence-corrected chi connectivity index (χ2v) is 4.94. The summed E-state index contributed by atoms with van der Waals surface area (Å²) in [6.07, 6.45) is 0.228. The van der Waals surface area contributed by atoms with Gasteiger partial charge in [0.15, 0.2) is 0 Å². The number of nitriles is 2. The zero-order chi connectivity index (χ0) is 16.7. The molecular formula is C18H15N3O2. The fraction of sp³-hybridized carbons (Fsp3) is 0.167. The highest BCUT2D eigenvalue weighted by atomic mass is 16.5. The predicted octanol–water partition coefficient (Wildman–Crippen LogP) is 3.38. The van der Waals surface area contributed by atoms with Gasteiger partial charge in [-0.05, 0) is 31.2 Å². The number of benzene rings is 2. The minimum atomic E-state index is -0.321. The van der Waals surface area contributed by atoms with Gasteiger partial charge in [-0.3, -0.25) is 4.79 Å². The topological polar surface area (TPSA) is 85.9 Å². The molecule has 5 heteroatoms. The molecule has 1 unspecified atom stereocenters. The highest BCUT2D eigenvalue weighted by Gasteiger charge is 2.15. The van der Waals surface area contributed by atoms with Crippen LogP contribution in [0.4, 0.5) is 0 Å². The zero-order valence-electron chi connectivity index (χ0n) is 12.6. The van der Waals surface area contributed by atoms with E-state index < -0.39 is 0 Å². The molecule has 2 aromatic rings. The maximum Gasteiger partial charge on any atom is 0.255 e. The molecule has 0 radical (unpaired) electrons. The quantitative estimate of drug-likeness (QED) is 0.917. The van der Waals surface area contributed by atoms with E-state index in [2.05, 4.69) is 11.4 Å². The van der Waals surface area contributed by atoms with Gasteiger partial charge in [0.1, 0.15) is 17.6 Å². The Balaban J connectivity index is 2.26. The van der Waals surface area contributed by atoms with E-state index in [0.717, 1.165) is 0 Å². The van der Waals surface area contributed by atoms with Crippen LogP contribution in [0.3, 0.4) is 0 Å². The van der Waals surface area contributed by atoms with Crippen molar-refractivity contribution in [1.82, 2.24) is 5.32 Å². The molecule has 2 rings (SSSR count). The molecule has 0 saturated carbocycles. The number of nitrogens with zero attached hydrogens (tertiary/aromatic N) is 2. The molecule has 0 heterocycles. The smallest absolute Gasteiger partial charge is 0.255 e. The summed E-state index contributed by atoms with van der Waals surface area (Å²) in [5, 5.41) is 20.5. The van der Waals surface area contributed by atoms with Crippen LogP contribution < -0.4 is 10.1 Å². The summed E-state index contributed by atoms with van der Waals surface area (Å²) in [5.74, 6) is 0.426. The van der Waals surface area contributed by atoms with Gasteiger partial charge in [0, 0.05) is 6.04 Å². The zero-order valence-corrected chi connectivity index (χ0v) is 12.6. The molecule has 1 atom stereocenters. The largest absolute Gasteiger partial charge is 0.455 e. The van der Waals surface area contributed by atoms with Crippen LogP contribution in [-0.4, -0.2) is 11.9 Å². The average Bonchev–Trinajstić information content (AvgIpc) is 2.56.